The Bertz CT molecular complexity index is 334. The number of nitrogens with zero attached hydrogens (tertiary/aromatic N) is 1. The predicted molar refractivity (Wildman–Crippen MR) is 88.7 cm³/mol. The van der Waals surface area contributed by atoms with E-state index in [2.05, 4.69) is 46.1 Å². The molecule has 0 bridgehead atoms. The molecule has 1 N–H and O–H groups in total. The van der Waals surface area contributed by atoms with Crippen molar-refractivity contribution < 1.29 is 0 Å². The van der Waals surface area contributed by atoms with Gasteiger partial charge in [-0.2, -0.15) is 0 Å². The molecule has 1 atom stereocenters. The van der Waals surface area contributed by atoms with Gasteiger partial charge in [0.25, 0.3) is 0 Å². The number of hydrogen-bond acceptors (Lipinski definition) is 3. The third-order valence-electron chi connectivity index (χ3n) is 3.18. The molecule has 1 aliphatic rings. The lowest BCUT2D eigenvalue weighted by molar-refractivity contribution is 0.172. The van der Waals surface area contributed by atoms with E-state index in [1.54, 1.807) is 0 Å². The number of aryl methyl sites for hydroxylation is 1. The van der Waals surface area contributed by atoms with E-state index in [-0.39, 0.29) is 24.8 Å². The van der Waals surface area contributed by atoms with Gasteiger partial charge in [0.2, 0.25) is 0 Å². The van der Waals surface area contributed by atoms with Crippen molar-refractivity contribution >= 4 is 52.1 Å². The molecular weight excluding hydrogens is 355 g/mol. The van der Waals surface area contributed by atoms with Crippen LogP contribution in [0.4, 0.5) is 0 Å². The Morgan fingerprint density at radius 1 is 1.39 bits per heavy atom. The minimum Gasteiger partial charge on any atom is -0.314 e. The average Bonchev–Trinajstić information content (AvgIpc) is 2.61. The van der Waals surface area contributed by atoms with Crippen LogP contribution in [-0.4, -0.2) is 31.1 Å². The third-order valence-corrected chi connectivity index (χ3v) is 5.42. The van der Waals surface area contributed by atoms with E-state index in [0.717, 1.165) is 13.1 Å². The molecular formula is C12H21BrCl2N2S. The zero-order valence-electron chi connectivity index (χ0n) is 10.7. The molecule has 1 aromatic rings. The summed E-state index contributed by atoms with van der Waals surface area (Å²) in [6.07, 6.45) is 1.20. The predicted octanol–water partition coefficient (Wildman–Crippen LogP) is 4.02. The van der Waals surface area contributed by atoms with Gasteiger partial charge >= 0.3 is 0 Å². The Hall–Kier alpha value is 0.680. The highest BCUT2D eigenvalue weighted by molar-refractivity contribution is 9.11. The van der Waals surface area contributed by atoms with Gasteiger partial charge in [-0.25, -0.2) is 0 Å². The van der Waals surface area contributed by atoms with E-state index in [9.17, 15) is 0 Å². The second-order valence-electron chi connectivity index (χ2n) is 4.32. The summed E-state index contributed by atoms with van der Waals surface area (Å²) in [5.74, 6) is 0. The Kier molecular flexibility index (Phi) is 9.10. The number of thiophene rings is 1. The molecule has 0 radical (unpaired) electrons. The Labute approximate surface area is 134 Å². The standard InChI is InChI=1S/C12H19BrN2S.2ClH/c1-3-10(15-6-4-14-5-7-15)11-8-9(2)12(13)16-11;;/h8,10,14H,3-7H2,1-2H3;2*1H/t10-;;/m1../s1. The molecule has 0 saturated carbocycles. The highest BCUT2D eigenvalue weighted by Crippen LogP contribution is 2.35. The number of hydrogen-bond donors (Lipinski definition) is 1. The summed E-state index contributed by atoms with van der Waals surface area (Å²) in [7, 11) is 0. The van der Waals surface area contributed by atoms with Gasteiger partial charge in [-0.1, -0.05) is 6.92 Å². The van der Waals surface area contributed by atoms with Crippen molar-refractivity contribution in [3.63, 3.8) is 0 Å². The minimum absolute atomic E-state index is 0. The first-order chi connectivity index (χ1) is 7.72. The molecule has 2 rings (SSSR count). The van der Waals surface area contributed by atoms with Crippen molar-refractivity contribution in [1.82, 2.24) is 10.2 Å². The van der Waals surface area contributed by atoms with Crippen LogP contribution in [0.25, 0.3) is 0 Å². The minimum atomic E-state index is 0. The van der Waals surface area contributed by atoms with Crippen LogP contribution in [0.5, 0.6) is 0 Å². The highest BCUT2D eigenvalue weighted by atomic mass is 79.9. The average molecular weight is 376 g/mol. The maximum Gasteiger partial charge on any atom is 0.0731 e. The fraction of sp³-hybridized carbons (Fsp3) is 0.667. The van der Waals surface area contributed by atoms with E-state index in [0.29, 0.717) is 6.04 Å². The van der Waals surface area contributed by atoms with Crippen molar-refractivity contribution in [3.05, 3.63) is 20.3 Å². The first kappa shape index (κ1) is 18.7. The SMILES string of the molecule is CC[C@H](c1cc(C)c(Br)s1)N1CCNCC1.Cl.Cl. The molecule has 0 aliphatic carbocycles. The number of piperazine rings is 1. The molecule has 0 amide bonds. The summed E-state index contributed by atoms with van der Waals surface area (Å²) in [6.45, 7) is 9.06. The van der Waals surface area contributed by atoms with Crippen LogP contribution in [-0.2, 0) is 0 Å². The molecule has 106 valence electrons. The topological polar surface area (TPSA) is 15.3 Å². The van der Waals surface area contributed by atoms with Crippen LogP contribution < -0.4 is 5.32 Å². The normalized spacial score (nSPS) is 17.7. The molecule has 1 fully saturated rings. The van der Waals surface area contributed by atoms with Crippen molar-refractivity contribution in [2.24, 2.45) is 0 Å². The van der Waals surface area contributed by atoms with Crippen LogP contribution in [0.15, 0.2) is 9.85 Å². The molecule has 18 heavy (non-hydrogen) atoms. The molecule has 6 heteroatoms. The summed E-state index contributed by atoms with van der Waals surface area (Å²) in [6, 6.07) is 2.95. The second kappa shape index (κ2) is 8.77. The quantitative estimate of drug-likeness (QED) is 0.858. The first-order valence-corrected chi connectivity index (χ1v) is 7.54. The van der Waals surface area contributed by atoms with Crippen LogP contribution in [0.3, 0.4) is 0 Å². The fourth-order valence-corrected chi connectivity index (χ4v) is 4.07. The summed E-state index contributed by atoms with van der Waals surface area (Å²) >= 11 is 5.52. The third kappa shape index (κ3) is 4.36. The Balaban J connectivity index is 0.00000144. The van der Waals surface area contributed by atoms with E-state index < -0.39 is 0 Å². The first-order valence-electron chi connectivity index (χ1n) is 5.93. The largest absolute Gasteiger partial charge is 0.314 e. The fourth-order valence-electron chi connectivity index (χ4n) is 2.28. The van der Waals surface area contributed by atoms with Gasteiger partial charge in [0, 0.05) is 37.1 Å². The molecule has 0 unspecified atom stereocenters. The lowest BCUT2D eigenvalue weighted by Crippen LogP contribution is -2.44. The monoisotopic (exact) mass is 374 g/mol. The van der Waals surface area contributed by atoms with Crippen molar-refractivity contribution in [3.8, 4) is 0 Å². The van der Waals surface area contributed by atoms with Crippen LogP contribution in [0.1, 0.15) is 29.8 Å². The van der Waals surface area contributed by atoms with Crippen molar-refractivity contribution in [2.45, 2.75) is 26.3 Å². The molecule has 2 heterocycles. The van der Waals surface area contributed by atoms with E-state index >= 15 is 0 Å². The second-order valence-corrected chi connectivity index (χ2v) is 6.72. The van der Waals surface area contributed by atoms with Crippen LogP contribution in [0, 0.1) is 6.92 Å². The van der Waals surface area contributed by atoms with Crippen molar-refractivity contribution in [2.75, 3.05) is 26.2 Å². The van der Waals surface area contributed by atoms with Gasteiger partial charge in [-0.3, -0.25) is 4.90 Å². The number of nitrogens with one attached hydrogen (secondary N) is 1. The van der Waals surface area contributed by atoms with E-state index in [1.165, 1.54) is 33.7 Å². The maximum atomic E-state index is 3.63. The zero-order chi connectivity index (χ0) is 11.5. The smallest absolute Gasteiger partial charge is 0.0731 e. The summed E-state index contributed by atoms with van der Waals surface area (Å²) < 4.78 is 1.29. The Morgan fingerprint density at radius 3 is 2.44 bits per heavy atom. The zero-order valence-corrected chi connectivity index (χ0v) is 14.8. The van der Waals surface area contributed by atoms with Gasteiger partial charge in [0.05, 0.1) is 3.79 Å². The summed E-state index contributed by atoms with van der Waals surface area (Å²) in [5.41, 5.74) is 1.37. The Morgan fingerprint density at radius 2 is 2.00 bits per heavy atom. The van der Waals surface area contributed by atoms with E-state index in [1.807, 2.05) is 11.3 Å². The molecule has 0 aromatic carbocycles. The molecule has 1 aromatic heterocycles. The summed E-state index contributed by atoms with van der Waals surface area (Å²) in [4.78, 5) is 4.11. The highest BCUT2D eigenvalue weighted by Gasteiger charge is 2.22. The molecule has 1 saturated heterocycles. The van der Waals surface area contributed by atoms with Gasteiger partial charge in [-0.15, -0.1) is 36.2 Å². The van der Waals surface area contributed by atoms with Crippen LogP contribution >= 0.6 is 52.1 Å². The molecule has 0 spiro atoms. The number of halogens is 3. The van der Waals surface area contributed by atoms with Gasteiger partial charge in [0.15, 0.2) is 0 Å². The molecule has 1 aliphatic heterocycles. The number of rotatable bonds is 3. The van der Waals surface area contributed by atoms with Crippen molar-refractivity contribution in [1.29, 1.82) is 0 Å². The summed E-state index contributed by atoms with van der Waals surface area (Å²) in [5, 5.41) is 3.41. The van der Waals surface area contributed by atoms with E-state index in [4.69, 9.17) is 0 Å². The van der Waals surface area contributed by atoms with Gasteiger partial charge < -0.3 is 5.32 Å². The van der Waals surface area contributed by atoms with Crippen LogP contribution in [0.2, 0.25) is 0 Å². The van der Waals surface area contributed by atoms with Gasteiger partial charge in [-0.05, 0) is 40.9 Å². The maximum absolute atomic E-state index is 3.63. The lowest BCUT2D eigenvalue weighted by Gasteiger charge is -2.33. The molecule has 2 nitrogen and oxygen atoms in total. The van der Waals surface area contributed by atoms with Gasteiger partial charge in [0.1, 0.15) is 0 Å². The lowest BCUT2D eigenvalue weighted by atomic mass is 10.1.